The van der Waals surface area contributed by atoms with E-state index >= 15 is 0 Å². The Hall–Kier alpha value is -1.91. The van der Waals surface area contributed by atoms with Crippen LogP contribution in [0.15, 0.2) is 47.4 Å². The number of halogens is 1. The van der Waals surface area contributed by atoms with Crippen molar-refractivity contribution in [2.75, 3.05) is 0 Å². The Morgan fingerprint density at radius 2 is 1.85 bits per heavy atom. The summed E-state index contributed by atoms with van der Waals surface area (Å²) in [6.07, 6.45) is 0.364. The lowest BCUT2D eigenvalue weighted by molar-refractivity contribution is -0.119. The van der Waals surface area contributed by atoms with Gasteiger partial charge >= 0.3 is 7.12 Å². The van der Waals surface area contributed by atoms with Gasteiger partial charge in [-0.1, -0.05) is 30.3 Å². The highest BCUT2D eigenvalue weighted by Crippen LogP contribution is 2.13. The molecule has 144 valence electrons. The Labute approximate surface area is 164 Å². The highest BCUT2D eigenvalue weighted by atomic mass is 35.5. The predicted octanol–water partition coefficient (Wildman–Crippen LogP) is 0.222. The zero-order chi connectivity index (χ0) is 18.7. The predicted molar refractivity (Wildman–Crippen MR) is 104 cm³/mol. The number of nitrogens with one attached hydrogen (secondary N) is 1. The van der Waals surface area contributed by atoms with Gasteiger partial charge in [0.15, 0.2) is 0 Å². The maximum atomic E-state index is 12.2. The average Bonchev–Trinajstić information content (AvgIpc) is 3.00. The van der Waals surface area contributed by atoms with Gasteiger partial charge < -0.3 is 15.4 Å². The summed E-state index contributed by atoms with van der Waals surface area (Å²) in [5, 5.41) is 9.71. The zero-order valence-corrected chi connectivity index (χ0v) is 16.1. The van der Waals surface area contributed by atoms with Crippen molar-refractivity contribution >= 4 is 40.9 Å². The molecule has 0 atom stereocenters. The number of benzene rings is 2. The fourth-order valence-corrected chi connectivity index (χ4v) is 3.76. The molecular weight excluding hydrogens is 391 g/mol. The van der Waals surface area contributed by atoms with Gasteiger partial charge in [-0.15, -0.1) is 12.4 Å². The van der Waals surface area contributed by atoms with Crippen LogP contribution >= 0.6 is 12.4 Å². The molecule has 0 aliphatic carbocycles. The molecule has 0 saturated carbocycles. The van der Waals surface area contributed by atoms with E-state index in [0.717, 1.165) is 16.7 Å². The van der Waals surface area contributed by atoms with Crippen molar-refractivity contribution in [2.24, 2.45) is 5.73 Å². The van der Waals surface area contributed by atoms with Crippen LogP contribution in [-0.4, -0.2) is 26.5 Å². The van der Waals surface area contributed by atoms with Crippen molar-refractivity contribution in [3.8, 4) is 0 Å². The number of sulfonamides is 1. The molecule has 1 aliphatic heterocycles. The summed E-state index contributed by atoms with van der Waals surface area (Å²) in [4.78, 5) is 12.1. The van der Waals surface area contributed by atoms with Gasteiger partial charge in [-0.3, -0.25) is 4.79 Å². The van der Waals surface area contributed by atoms with E-state index in [9.17, 15) is 18.2 Å². The number of fused-ring (bicyclic) bond motifs is 1. The first-order valence-electron chi connectivity index (χ1n) is 8.15. The lowest BCUT2D eigenvalue weighted by Gasteiger charge is -2.08. The molecule has 1 heterocycles. The number of nitrogens with two attached hydrogens (primary N) is 1. The van der Waals surface area contributed by atoms with E-state index in [1.54, 1.807) is 18.2 Å². The topological polar surface area (TPSA) is 119 Å². The maximum absolute atomic E-state index is 12.2. The van der Waals surface area contributed by atoms with Crippen molar-refractivity contribution in [3.05, 3.63) is 59.2 Å². The van der Waals surface area contributed by atoms with Gasteiger partial charge in [-0.25, -0.2) is 13.1 Å². The highest BCUT2D eigenvalue weighted by molar-refractivity contribution is 7.90. The molecule has 4 N–H and O–H groups in total. The summed E-state index contributed by atoms with van der Waals surface area (Å²) in [6.45, 7) is 0.672. The number of hydrogen-bond donors (Lipinski definition) is 3. The molecule has 1 aliphatic rings. The Balaban J connectivity index is 0.00000261. The van der Waals surface area contributed by atoms with Gasteiger partial charge in [0.2, 0.25) is 5.91 Å². The van der Waals surface area contributed by atoms with Crippen LogP contribution < -0.4 is 15.9 Å². The van der Waals surface area contributed by atoms with E-state index in [4.69, 9.17) is 10.4 Å². The Morgan fingerprint density at radius 1 is 1.19 bits per heavy atom. The van der Waals surface area contributed by atoms with Crippen molar-refractivity contribution in [3.63, 3.8) is 0 Å². The second-order valence-electron chi connectivity index (χ2n) is 6.07. The lowest BCUT2D eigenvalue weighted by Crippen LogP contribution is -2.31. The van der Waals surface area contributed by atoms with E-state index in [0.29, 0.717) is 25.0 Å². The monoisotopic (exact) mass is 410 g/mol. The number of carbonyl (C=O) groups is 1. The first-order chi connectivity index (χ1) is 12.4. The smallest absolute Gasteiger partial charge is 0.423 e. The lowest BCUT2D eigenvalue weighted by atomic mass is 9.78. The summed E-state index contributed by atoms with van der Waals surface area (Å²) in [6, 6.07) is 11.5. The highest BCUT2D eigenvalue weighted by Gasteiger charge is 2.27. The van der Waals surface area contributed by atoms with Crippen LogP contribution in [0.3, 0.4) is 0 Å². The first-order valence-corrected chi connectivity index (χ1v) is 9.63. The normalized spacial score (nSPS) is 13.0. The van der Waals surface area contributed by atoms with Crippen LogP contribution in [-0.2, 0) is 39.0 Å². The molecule has 3 rings (SSSR count). The molecule has 2 aromatic rings. The van der Waals surface area contributed by atoms with Crippen molar-refractivity contribution in [2.45, 2.75) is 30.9 Å². The van der Waals surface area contributed by atoms with E-state index < -0.39 is 23.0 Å². The van der Waals surface area contributed by atoms with Crippen LogP contribution in [0.1, 0.15) is 23.1 Å². The van der Waals surface area contributed by atoms with Gasteiger partial charge in [-0.2, -0.15) is 0 Å². The fourth-order valence-electron chi connectivity index (χ4n) is 2.74. The third-order valence-corrected chi connectivity index (χ3v) is 5.62. The second kappa shape index (κ2) is 8.86. The molecule has 7 nitrogen and oxygen atoms in total. The van der Waals surface area contributed by atoms with Crippen molar-refractivity contribution < 1.29 is 22.9 Å². The third-order valence-electron chi connectivity index (χ3n) is 4.23. The molecule has 0 unspecified atom stereocenters. The van der Waals surface area contributed by atoms with E-state index in [1.807, 2.05) is 12.1 Å². The molecule has 0 spiro atoms. The second-order valence-corrected chi connectivity index (χ2v) is 7.76. The number of aryl methyl sites for hydroxylation is 1. The van der Waals surface area contributed by atoms with Gasteiger partial charge in [0.05, 0.1) is 11.5 Å². The standard InChI is InChI=1S/C17H19BN2O5S.ClH/c19-10-13-2-6-15(7-3-13)26(23,24)20-17(21)8-4-12-1-5-14-11-25-18(22)16(14)9-12;/h1-3,5-7,9,22H,4,8,10-11,19H2,(H,20,21);1H. The summed E-state index contributed by atoms with van der Waals surface area (Å²) < 4.78 is 31.7. The van der Waals surface area contributed by atoms with E-state index in [2.05, 4.69) is 4.72 Å². The van der Waals surface area contributed by atoms with E-state index in [1.165, 1.54) is 12.1 Å². The van der Waals surface area contributed by atoms with Crippen molar-refractivity contribution in [1.82, 2.24) is 4.72 Å². The minimum atomic E-state index is -3.91. The summed E-state index contributed by atoms with van der Waals surface area (Å²) >= 11 is 0. The number of rotatable bonds is 6. The Kier molecular flexibility index (Phi) is 7.02. The molecule has 0 aromatic heterocycles. The van der Waals surface area contributed by atoms with Gasteiger partial charge in [0, 0.05) is 13.0 Å². The van der Waals surface area contributed by atoms with Crippen LogP contribution in [0.25, 0.3) is 0 Å². The fraction of sp³-hybridized carbons (Fsp3) is 0.235. The summed E-state index contributed by atoms with van der Waals surface area (Å²) in [7, 11) is -4.86. The van der Waals surface area contributed by atoms with Crippen LogP contribution in [0.4, 0.5) is 0 Å². The molecule has 2 aromatic carbocycles. The third kappa shape index (κ3) is 5.09. The molecule has 0 fully saturated rings. The quantitative estimate of drug-likeness (QED) is 0.586. The van der Waals surface area contributed by atoms with E-state index in [-0.39, 0.29) is 23.7 Å². The Bertz CT molecular complexity index is 921. The minimum Gasteiger partial charge on any atom is -0.423 e. The minimum absolute atomic E-state index is 0. The molecule has 0 bridgehead atoms. The Morgan fingerprint density at radius 3 is 2.52 bits per heavy atom. The zero-order valence-electron chi connectivity index (χ0n) is 14.4. The van der Waals surface area contributed by atoms with Gasteiger partial charge in [0.1, 0.15) is 0 Å². The molecule has 10 heteroatoms. The summed E-state index contributed by atoms with van der Waals surface area (Å²) in [5.74, 6) is -0.592. The van der Waals surface area contributed by atoms with Gasteiger partial charge in [0.25, 0.3) is 10.0 Å². The first kappa shape index (κ1) is 21.4. The number of carbonyl (C=O) groups excluding carboxylic acids is 1. The summed E-state index contributed by atoms with van der Waals surface area (Å²) in [5.41, 5.74) is 8.72. The number of amides is 1. The molecule has 1 amide bonds. The van der Waals surface area contributed by atoms with Gasteiger partial charge in [-0.05, 0) is 40.7 Å². The molecule has 0 radical (unpaired) electrons. The molecule has 27 heavy (non-hydrogen) atoms. The van der Waals surface area contributed by atoms with Crippen LogP contribution in [0.2, 0.25) is 0 Å². The largest absolute Gasteiger partial charge is 0.491 e. The molecular formula is C17H20BClN2O5S. The maximum Gasteiger partial charge on any atom is 0.491 e. The van der Waals surface area contributed by atoms with Crippen molar-refractivity contribution in [1.29, 1.82) is 0 Å². The van der Waals surface area contributed by atoms with Crippen LogP contribution in [0.5, 0.6) is 0 Å². The molecule has 0 saturated heterocycles. The number of hydrogen-bond acceptors (Lipinski definition) is 6. The SMILES string of the molecule is Cl.NCc1ccc(S(=O)(=O)NC(=O)CCc2ccc3c(c2)B(O)OC3)cc1. The van der Waals surface area contributed by atoms with Crippen LogP contribution in [0, 0.1) is 0 Å². The average molecular weight is 411 g/mol.